The van der Waals surface area contributed by atoms with Crippen LogP contribution in [0.2, 0.25) is 0 Å². The number of nitrogens with zero attached hydrogens (tertiary/aromatic N) is 1. The van der Waals surface area contributed by atoms with Gasteiger partial charge < -0.3 is 20.5 Å². The molecular formula is C14H30N2O2. The molecule has 18 heavy (non-hydrogen) atoms. The zero-order valence-electron chi connectivity index (χ0n) is 12.0. The largest absolute Gasteiger partial charge is 0.394 e. The van der Waals surface area contributed by atoms with Gasteiger partial charge in [-0.15, -0.1) is 0 Å². The summed E-state index contributed by atoms with van der Waals surface area (Å²) >= 11 is 0. The Balaban J connectivity index is 2.22. The second-order valence-electron chi connectivity index (χ2n) is 5.50. The van der Waals surface area contributed by atoms with Gasteiger partial charge in [0.2, 0.25) is 0 Å². The minimum Gasteiger partial charge on any atom is -0.394 e. The van der Waals surface area contributed by atoms with E-state index in [0.717, 1.165) is 39.0 Å². The molecular weight excluding hydrogens is 228 g/mol. The molecule has 1 aliphatic rings. The average molecular weight is 258 g/mol. The van der Waals surface area contributed by atoms with Gasteiger partial charge in [0.1, 0.15) is 0 Å². The van der Waals surface area contributed by atoms with Crippen molar-refractivity contribution in [2.45, 2.75) is 57.6 Å². The van der Waals surface area contributed by atoms with Crippen molar-refractivity contribution in [3.05, 3.63) is 0 Å². The molecule has 0 spiro atoms. The van der Waals surface area contributed by atoms with Crippen LogP contribution in [0.5, 0.6) is 0 Å². The number of hydrogen-bond donors (Lipinski definition) is 2. The van der Waals surface area contributed by atoms with Gasteiger partial charge in [-0.05, 0) is 52.1 Å². The lowest BCUT2D eigenvalue weighted by atomic mass is 9.92. The van der Waals surface area contributed by atoms with Gasteiger partial charge in [0.15, 0.2) is 0 Å². The summed E-state index contributed by atoms with van der Waals surface area (Å²) in [6.07, 6.45) is 5.63. The standard InChI is InChI=1S/C14H30N2O2/c1-3-14(15,12-17)8-6-10-16-9-5-7-13(11-16)18-4-2/h13,17H,3-12,15H2,1-2H3. The lowest BCUT2D eigenvalue weighted by Gasteiger charge is -2.33. The van der Waals surface area contributed by atoms with Gasteiger partial charge >= 0.3 is 0 Å². The van der Waals surface area contributed by atoms with E-state index >= 15 is 0 Å². The van der Waals surface area contributed by atoms with E-state index in [4.69, 9.17) is 10.5 Å². The summed E-state index contributed by atoms with van der Waals surface area (Å²) in [5.41, 5.74) is 5.71. The zero-order valence-corrected chi connectivity index (χ0v) is 12.0. The van der Waals surface area contributed by atoms with Crippen molar-refractivity contribution in [2.24, 2.45) is 5.73 Å². The molecule has 1 saturated heterocycles. The first-order chi connectivity index (χ1) is 8.63. The molecule has 0 aromatic carbocycles. The van der Waals surface area contributed by atoms with Gasteiger partial charge in [-0.1, -0.05) is 6.92 Å². The molecule has 0 aromatic rings. The van der Waals surface area contributed by atoms with Gasteiger partial charge in [-0.25, -0.2) is 0 Å². The van der Waals surface area contributed by atoms with Gasteiger partial charge in [-0.3, -0.25) is 0 Å². The van der Waals surface area contributed by atoms with Gasteiger partial charge in [-0.2, -0.15) is 0 Å². The van der Waals surface area contributed by atoms with Crippen LogP contribution in [0.3, 0.4) is 0 Å². The normalized spacial score (nSPS) is 25.0. The average Bonchev–Trinajstić information content (AvgIpc) is 2.39. The Hall–Kier alpha value is -0.160. The van der Waals surface area contributed by atoms with Crippen molar-refractivity contribution in [2.75, 3.05) is 32.8 Å². The van der Waals surface area contributed by atoms with E-state index in [9.17, 15) is 5.11 Å². The second-order valence-corrected chi connectivity index (χ2v) is 5.50. The molecule has 2 atom stereocenters. The third-order valence-electron chi connectivity index (χ3n) is 4.03. The van der Waals surface area contributed by atoms with Crippen LogP contribution in [0.4, 0.5) is 0 Å². The van der Waals surface area contributed by atoms with E-state index in [1.54, 1.807) is 0 Å². The highest BCUT2D eigenvalue weighted by molar-refractivity contribution is 4.82. The summed E-state index contributed by atoms with van der Waals surface area (Å²) in [5, 5.41) is 9.28. The molecule has 4 heteroatoms. The summed E-state index contributed by atoms with van der Waals surface area (Å²) in [6.45, 7) is 8.30. The van der Waals surface area contributed by atoms with E-state index < -0.39 is 0 Å². The van der Waals surface area contributed by atoms with E-state index in [1.807, 2.05) is 6.92 Å². The van der Waals surface area contributed by atoms with Crippen molar-refractivity contribution in [1.82, 2.24) is 4.90 Å². The molecule has 0 radical (unpaired) electrons. The molecule has 4 nitrogen and oxygen atoms in total. The lowest BCUT2D eigenvalue weighted by molar-refractivity contribution is 0.00496. The highest BCUT2D eigenvalue weighted by Crippen LogP contribution is 2.17. The number of piperidine rings is 1. The number of ether oxygens (including phenoxy) is 1. The summed E-state index contributed by atoms with van der Waals surface area (Å²) in [4.78, 5) is 2.47. The van der Waals surface area contributed by atoms with Crippen LogP contribution >= 0.6 is 0 Å². The fraction of sp³-hybridized carbons (Fsp3) is 1.00. The number of aliphatic hydroxyl groups is 1. The molecule has 0 aromatic heterocycles. The quantitative estimate of drug-likeness (QED) is 0.690. The van der Waals surface area contributed by atoms with Gasteiger partial charge in [0.25, 0.3) is 0 Å². The molecule has 1 heterocycles. The third-order valence-corrected chi connectivity index (χ3v) is 4.03. The predicted octanol–water partition coefficient (Wildman–Crippen LogP) is 1.37. The maximum absolute atomic E-state index is 9.28. The Morgan fingerprint density at radius 1 is 1.44 bits per heavy atom. The minimum absolute atomic E-state index is 0.0884. The van der Waals surface area contributed by atoms with E-state index in [1.165, 1.54) is 19.4 Å². The fourth-order valence-electron chi connectivity index (χ4n) is 2.61. The van der Waals surface area contributed by atoms with Crippen molar-refractivity contribution in [1.29, 1.82) is 0 Å². The molecule has 1 aliphatic heterocycles. The van der Waals surface area contributed by atoms with Crippen LogP contribution < -0.4 is 5.73 Å². The number of likely N-dealkylation sites (tertiary alicyclic amines) is 1. The number of hydrogen-bond acceptors (Lipinski definition) is 4. The summed E-state index contributed by atoms with van der Waals surface area (Å²) in [6, 6.07) is 0. The van der Waals surface area contributed by atoms with Gasteiger partial charge in [0, 0.05) is 18.7 Å². The van der Waals surface area contributed by atoms with Crippen LogP contribution in [-0.2, 0) is 4.74 Å². The van der Waals surface area contributed by atoms with Crippen LogP contribution in [0.25, 0.3) is 0 Å². The Kier molecular flexibility index (Phi) is 7.15. The maximum Gasteiger partial charge on any atom is 0.0702 e. The first-order valence-electron chi connectivity index (χ1n) is 7.37. The SMILES string of the molecule is CCOC1CCCN(CCCC(N)(CC)CO)C1. The molecule has 3 N–H and O–H groups in total. The highest BCUT2D eigenvalue weighted by atomic mass is 16.5. The lowest BCUT2D eigenvalue weighted by Crippen LogP contribution is -2.44. The van der Waals surface area contributed by atoms with Crippen molar-refractivity contribution < 1.29 is 9.84 Å². The topological polar surface area (TPSA) is 58.7 Å². The van der Waals surface area contributed by atoms with Crippen molar-refractivity contribution in [3.8, 4) is 0 Å². The van der Waals surface area contributed by atoms with Crippen molar-refractivity contribution >= 4 is 0 Å². The summed E-state index contributed by atoms with van der Waals surface area (Å²) in [7, 11) is 0. The molecule has 1 fully saturated rings. The van der Waals surface area contributed by atoms with Crippen LogP contribution in [0.15, 0.2) is 0 Å². The Bertz CT molecular complexity index is 218. The van der Waals surface area contributed by atoms with E-state index in [2.05, 4.69) is 11.8 Å². The fourth-order valence-corrected chi connectivity index (χ4v) is 2.61. The molecule has 0 aliphatic carbocycles. The molecule has 0 amide bonds. The molecule has 0 bridgehead atoms. The summed E-state index contributed by atoms with van der Waals surface area (Å²) in [5.74, 6) is 0. The molecule has 108 valence electrons. The van der Waals surface area contributed by atoms with E-state index in [-0.39, 0.29) is 12.1 Å². The second kappa shape index (κ2) is 8.10. The number of rotatable bonds is 8. The highest BCUT2D eigenvalue weighted by Gasteiger charge is 2.23. The number of aliphatic hydroxyl groups excluding tert-OH is 1. The number of nitrogens with two attached hydrogens (primary N) is 1. The Labute approximate surface area is 111 Å². The first kappa shape index (κ1) is 15.9. The van der Waals surface area contributed by atoms with Gasteiger partial charge in [0.05, 0.1) is 12.7 Å². The first-order valence-corrected chi connectivity index (χ1v) is 7.37. The zero-order chi connectivity index (χ0) is 13.4. The van der Waals surface area contributed by atoms with Crippen LogP contribution in [-0.4, -0.2) is 54.5 Å². The Morgan fingerprint density at radius 3 is 2.83 bits per heavy atom. The molecule has 0 saturated carbocycles. The smallest absolute Gasteiger partial charge is 0.0702 e. The van der Waals surface area contributed by atoms with E-state index in [0.29, 0.717) is 6.10 Å². The van der Waals surface area contributed by atoms with Crippen molar-refractivity contribution in [3.63, 3.8) is 0 Å². The monoisotopic (exact) mass is 258 g/mol. The van der Waals surface area contributed by atoms with Crippen LogP contribution in [0.1, 0.15) is 46.0 Å². The third kappa shape index (κ3) is 5.22. The van der Waals surface area contributed by atoms with Crippen LogP contribution in [0, 0.1) is 0 Å². The summed E-state index contributed by atoms with van der Waals surface area (Å²) < 4.78 is 5.70. The predicted molar refractivity (Wildman–Crippen MR) is 74.6 cm³/mol. The molecule has 2 unspecified atom stereocenters. The Morgan fingerprint density at radius 2 is 2.22 bits per heavy atom. The maximum atomic E-state index is 9.28. The minimum atomic E-state index is -0.380. The molecule has 1 rings (SSSR count).